The molecular weight excluding hydrogens is 126 g/mol. The van der Waals surface area contributed by atoms with E-state index >= 15 is 0 Å². The molecule has 0 rings (SSSR count). The molecule has 0 aromatic heterocycles. The Hall–Kier alpha value is -0.820. The van der Waals surface area contributed by atoms with E-state index in [1.54, 1.807) is 0 Å². The first-order valence-electron chi connectivity index (χ1n) is 2.34. The van der Waals surface area contributed by atoms with Crippen molar-refractivity contribution >= 4 is 0 Å². The number of alkyl halides is 2. The minimum Gasteiger partial charge on any atom is -0.488 e. The summed E-state index contributed by atoms with van der Waals surface area (Å²) < 4.78 is 28.5. The smallest absolute Gasteiger partial charge is 0.308 e. The van der Waals surface area contributed by atoms with Gasteiger partial charge in [0.1, 0.15) is 0 Å². The first-order chi connectivity index (χ1) is 4.02. The summed E-state index contributed by atoms with van der Waals surface area (Å²) in [5.74, 6) is -3.49. The number of methoxy groups -OCH3 is 1. The van der Waals surface area contributed by atoms with Crippen LogP contribution in [0.3, 0.4) is 0 Å². The third kappa shape index (κ3) is 2.29. The molecule has 0 N–H and O–H groups in total. The molecule has 0 unspecified atom stereocenters. The van der Waals surface area contributed by atoms with E-state index in [9.17, 15) is 8.78 Å². The summed E-state index contributed by atoms with van der Waals surface area (Å²) in [7, 11) is 1.16. The highest BCUT2D eigenvalue weighted by molar-refractivity contribution is 4.99. The van der Waals surface area contributed by atoms with Crippen LogP contribution in [0, 0.1) is 0 Å². The van der Waals surface area contributed by atoms with Crippen molar-refractivity contribution in [2.75, 3.05) is 7.11 Å². The van der Waals surface area contributed by atoms with Crippen molar-refractivity contribution in [3.8, 4) is 0 Å². The van der Waals surface area contributed by atoms with E-state index in [0.717, 1.165) is 14.0 Å². The molecule has 0 aliphatic heterocycles. The summed E-state index contributed by atoms with van der Waals surface area (Å²) in [6, 6.07) is 0. The van der Waals surface area contributed by atoms with Gasteiger partial charge >= 0.3 is 5.92 Å². The third-order valence-corrected chi connectivity index (χ3v) is 0.763. The molecule has 0 heterocycles. The number of allylic oxidation sites excluding steroid dienone is 1. The summed E-state index contributed by atoms with van der Waals surface area (Å²) in [4.78, 5) is 0. The highest BCUT2D eigenvalue weighted by atomic mass is 19.3. The van der Waals surface area contributed by atoms with Gasteiger partial charge in [-0.3, -0.25) is 0 Å². The lowest BCUT2D eigenvalue weighted by atomic mass is 10.3. The standard InChI is InChI=1S/C6H8F2O/c1-4-5(9-3)6(2,7)8/h1H2,2-3H3. The number of rotatable bonds is 2. The van der Waals surface area contributed by atoms with E-state index in [1.165, 1.54) is 0 Å². The molecule has 0 aromatic carbocycles. The largest absolute Gasteiger partial charge is 0.488 e. The Balaban J connectivity index is 4.33. The lowest BCUT2D eigenvalue weighted by Crippen LogP contribution is -2.14. The molecule has 0 bridgehead atoms. The molecule has 0 fully saturated rings. The lowest BCUT2D eigenvalue weighted by molar-refractivity contribution is 0.00703. The lowest BCUT2D eigenvalue weighted by Gasteiger charge is -2.09. The van der Waals surface area contributed by atoms with Gasteiger partial charge in [-0.05, 0) is 0 Å². The molecule has 52 valence electrons. The Bertz CT molecular complexity index is 140. The maximum Gasteiger partial charge on any atom is 0.308 e. The van der Waals surface area contributed by atoms with Gasteiger partial charge < -0.3 is 4.74 Å². The van der Waals surface area contributed by atoms with Crippen LogP contribution < -0.4 is 0 Å². The zero-order chi connectivity index (χ0) is 7.49. The van der Waals surface area contributed by atoms with E-state index < -0.39 is 11.7 Å². The van der Waals surface area contributed by atoms with E-state index in [2.05, 4.69) is 11.3 Å². The SMILES string of the molecule is C=C=C(OC)C(C)(F)F. The van der Waals surface area contributed by atoms with Crippen LogP contribution in [0.2, 0.25) is 0 Å². The second-order valence-corrected chi connectivity index (χ2v) is 1.60. The van der Waals surface area contributed by atoms with Gasteiger partial charge in [0.05, 0.1) is 7.11 Å². The minimum absolute atomic E-state index is 0.525. The van der Waals surface area contributed by atoms with Crippen LogP contribution in [0.15, 0.2) is 18.1 Å². The van der Waals surface area contributed by atoms with Crippen molar-refractivity contribution in [2.24, 2.45) is 0 Å². The third-order valence-electron chi connectivity index (χ3n) is 0.763. The molecule has 0 aromatic rings. The van der Waals surface area contributed by atoms with Crippen molar-refractivity contribution in [2.45, 2.75) is 12.8 Å². The summed E-state index contributed by atoms with van der Waals surface area (Å²) in [6.45, 7) is 3.76. The van der Waals surface area contributed by atoms with E-state index in [4.69, 9.17) is 0 Å². The quantitative estimate of drug-likeness (QED) is 0.414. The Labute approximate surface area is 52.6 Å². The molecule has 0 saturated heterocycles. The first kappa shape index (κ1) is 8.18. The van der Waals surface area contributed by atoms with Crippen LogP contribution in [0.25, 0.3) is 0 Å². The van der Waals surface area contributed by atoms with Crippen molar-refractivity contribution in [1.29, 1.82) is 0 Å². The van der Waals surface area contributed by atoms with Crippen molar-refractivity contribution in [3.05, 3.63) is 18.1 Å². The highest BCUT2D eigenvalue weighted by Crippen LogP contribution is 2.21. The van der Waals surface area contributed by atoms with Gasteiger partial charge in [0.15, 0.2) is 0 Å². The molecule has 0 spiro atoms. The zero-order valence-corrected chi connectivity index (χ0v) is 5.37. The average molecular weight is 134 g/mol. The van der Waals surface area contributed by atoms with E-state index in [0.29, 0.717) is 0 Å². The summed E-state index contributed by atoms with van der Waals surface area (Å²) in [5, 5.41) is 0. The first-order valence-corrected chi connectivity index (χ1v) is 2.34. The number of ether oxygens (including phenoxy) is 1. The van der Waals surface area contributed by atoms with Gasteiger partial charge in [-0.25, -0.2) is 0 Å². The number of halogens is 2. The van der Waals surface area contributed by atoms with Crippen LogP contribution in [0.1, 0.15) is 6.92 Å². The zero-order valence-electron chi connectivity index (χ0n) is 5.37. The van der Waals surface area contributed by atoms with Gasteiger partial charge in [-0.1, -0.05) is 12.3 Å². The Kier molecular flexibility index (Phi) is 2.41. The van der Waals surface area contributed by atoms with Crippen LogP contribution in [0.4, 0.5) is 8.78 Å². The Morgan fingerprint density at radius 2 is 2.11 bits per heavy atom. The fourth-order valence-corrected chi connectivity index (χ4v) is 0.407. The van der Waals surface area contributed by atoms with Crippen molar-refractivity contribution in [3.63, 3.8) is 0 Å². The Morgan fingerprint density at radius 3 is 2.11 bits per heavy atom. The highest BCUT2D eigenvalue weighted by Gasteiger charge is 2.28. The summed E-state index contributed by atoms with van der Waals surface area (Å²) in [5.41, 5.74) is 1.99. The van der Waals surface area contributed by atoms with Crippen LogP contribution in [-0.4, -0.2) is 13.0 Å². The molecule has 9 heavy (non-hydrogen) atoms. The predicted molar refractivity (Wildman–Crippen MR) is 30.3 cm³/mol. The van der Waals surface area contributed by atoms with Crippen LogP contribution in [-0.2, 0) is 4.74 Å². The molecule has 0 amide bonds. The van der Waals surface area contributed by atoms with Gasteiger partial charge in [0.25, 0.3) is 0 Å². The van der Waals surface area contributed by atoms with Crippen LogP contribution in [0.5, 0.6) is 0 Å². The monoisotopic (exact) mass is 134 g/mol. The topological polar surface area (TPSA) is 9.23 Å². The molecule has 0 aliphatic rings. The maximum absolute atomic E-state index is 12.1. The number of hydrogen-bond acceptors (Lipinski definition) is 1. The molecule has 0 saturated carbocycles. The van der Waals surface area contributed by atoms with E-state index in [1.807, 2.05) is 5.73 Å². The predicted octanol–water partition coefficient (Wildman–Crippen LogP) is 1.96. The summed E-state index contributed by atoms with van der Waals surface area (Å²) in [6.07, 6.45) is 0. The molecule has 0 aliphatic carbocycles. The molecule has 3 heteroatoms. The number of hydrogen-bond donors (Lipinski definition) is 0. The van der Waals surface area contributed by atoms with Gasteiger partial charge in [-0.2, -0.15) is 8.78 Å². The van der Waals surface area contributed by atoms with Gasteiger partial charge in [-0.15, -0.1) is 0 Å². The Morgan fingerprint density at radius 1 is 1.67 bits per heavy atom. The molecule has 0 atom stereocenters. The second kappa shape index (κ2) is 2.65. The normalized spacial score (nSPS) is 10.2. The molecule has 1 nitrogen and oxygen atoms in total. The van der Waals surface area contributed by atoms with Gasteiger partial charge in [0, 0.05) is 6.92 Å². The second-order valence-electron chi connectivity index (χ2n) is 1.60. The van der Waals surface area contributed by atoms with E-state index in [-0.39, 0.29) is 0 Å². The fourth-order valence-electron chi connectivity index (χ4n) is 0.407. The van der Waals surface area contributed by atoms with Crippen molar-refractivity contribution in [1.82, 2.24) is 0 Å². The minimum atomic E-state index is -2.96. The maximum atomic E-state index is 12.1. The van der Waals surface area contributed by atoms with Gasteiger partial charge in [0.2, 0.25) is 5.76 Å². The average Bonchev–Trinajstić information content (AvgIpc) is 1.65. The molecule has 0 radical (unpaired) electrons. The van der Waals surface area contributed by atoms with Crippen LogP contribution >= 0.6 is 0 Å². The molecular formula is C6H8F2O. The van der Waals surface area contributed by atoms with Crippen molar-refractivity contribution < 1.29 is 13.5 Å². The fraction of sp³-hybridized carbons (Fsp3) is 0.500. The summed E-state index contributed by atoms with van der Waals surface area (Å²) >= 11 is 0.